The molecular formula is C26H21ClN4O5. The van der Waals surface area contributed by atoms with Crippen LogP contribution in [0, 0.1) is 6.92 Å². The number of fused-ring (bicyclic) bond motifs is 2. The summed E-state index contributed by atoms with van der Waals surface area (Å²) in [6.45, 7) is 2.19. The second kappa shape index (κ2) is 9.63. The standard InChI is InChI=1S/C26H21ClN4O5/c1-15-2-6-19(7-3-15)29-24(32)21-12-17-11-18(27)5-8-20(17)31(21)30-26(34)25(33)28-13-16-4-9-22-23(10-16)36-14-35-22/h2-12H,13-14H2,1H3,(H,28,33)(H,29,32)(H,30,34). The highest BCUT2D eigenvalue weighted by Gasteiger charge is 2.21. The molecule has 1 aliphatic heterocycles. The van der Waals surface area contributed by atoms with Crippen molar-refractivity contribution in [3.05, 3.63) is 88.6 Å². The molecule has 9 nitrogen and oxygen atoms in total. The summed E-state index contributed by atoms with van der Waals surface area (Å²) in [5, 5.41) is 6.47. The van der Waals surface area contributed by atoms with Gasteiger partial charge in [-0.05, 0) is 61.0 Å². The quantitative estimate of drug-likeness (QED) is 0.356. The van der Waals surface area contributed by atoms with E-state index in [2.05, 4.69) is 16.1 Å². The van der Waals surface area contributed by atoms with Crippen molar-refractivity contribution in [3.63, 3.8) is 0 Å². The molecule has 4 aromatic rings. The number of nitrogens with one attached hydrogen (secondary N) is 3. The van der Waals surface area contributed by atoms with Gasteiger partial charge in [0, 0.05) is 22.6 Å². The van der Waals surface area contributed by atoms with E-state index in [1.165, 1.54) is 4.68 Å². The fraction of sp³-hybridized carbons (Fsp3) is 0.115. The van der Waals surface area contributed by atoms with E-state index in [0.29, 0.717) is 33.1 Å². The Labute approximate surface area is 210 Å². The summed E-state index contributed by atoms with van der Waals surface area (Å²) >= 11 is 6.12. The molecule has 182 valence electrons. The maximum Gasteiger partial charge on any atom is 0.328 e. The van der Waals surface area contributed by atoms with E-state index in [1.807, 2.05) is 19.1 Å². The summed E-state index contributed by atoms with van der Waals surface area (Å²) in [7, 11) is 0. The molecule has 0 radical (unpaired) electrons. The van der Waals surface area contributed by atoms with E-state index in [4.69, 9.17) is 21.1 Å². The van der Waals surface area contributed by atoms with Gasteiger partial charge >= 0.3 is 11.8 Å². The summed E-state index contributed by atoms with van der Waals surface area (Å²) < 4.78 is 11.9. The molecule has 5 rings (SSSR count). The van der Waals surface area contributed by atoms with Crippen molar-refractivity contribution in [1.82, 2.24) is 9.99 Å². The van der Waals surface area contributed by atoms with Crippen molar-refractivity contribution in [2.45, 2.75) is 13.5 Å². The average Bonchev–Trinajstić information content (AvgIpc) is 3.48. The van der Waals surface area contributed by atoms with Gasteiger partial charge in [0.25, 0.3) is 5.91 Å². The highest BCUT2D eigenvalue weighted by molar-refractivity contribution is 6.38. The molecule has 36 heavy (non-hydrogen) atoms. The Morgan fingerprint density at radius 2 is 1.69 bits per heavy atom. The molecule has 0 spiro atoms. The minimum atomic E-state index is -0.937. The maximum atomic E-state index is 13.1. The number of hydrogen-bond acceptors (Lipinski definition) is 5. The molecule has 0 aliphatic carbocycles. The lowest BCUT2D eigenvalue weighted by Crippen LogP contribution is -2.39. The fourth-order valence-electron chi connectivity index (χ4n) is 3.77. The minimum Gasteiger partial charge on any atom is -0.454 e. The summed E-state index contributed by atoms with van der Waals surface area (Å²) in [5.41, 5.74) is 5.54. The molecular weight excluding hydrogens is 484 g/mol. The first-order valence-electron chi connectivity index (χ1n) is 11.0. The van der Waals surface area contributed by atoms with Crippen LogP contribution in [0.15, 0.2) is 66.7 Å². The Bertz CT molecular complexity index is 1500. The minimum absolute atomic E-state index is 0.103. The van der Waals surface area contributed by atoms with Gasteiger partial charge in [0.2, 0.25) is 6.79 Å². The lowest BCUT2D eigenvalue weighted by atomic mass is 10.2. The van der Waals surface area contributed by atoms with Gasteiger partial charge in [0.1, 0.15) is 5.69 Å². The number of aromatic nitrogens is 1. The Hall–Kier alpha value is -4.50. The van der Waals surface area contributed by atoms with Gasteiger partial charge in [-0.2, -0.15) is 0 Å². The molecule has 10 heteroatoms. The number of carbonyl (C=O) groups excluding carboxylic acids is 3. The Morgan fingerprint density at radius 3 is 2.50 bits per heavy atom. The molecule has 0 saturated heterocycles. The molecule has 0 bridgehead atoms. The maximum absolute atomic E-state index is 13.1. The molecule has 0 unspecified atom stereocenters. The molecule has 2 heterocycles. The Balaban J connectivity index is 1.34. The predicted molar refractivity (Wildman–Crippen MR) is 135 cm³/mol. The molecule has 3 amide bonds. The van der Waals surface area contributed by atoms with E-state index in [0.717, 1.165) is 11.1 Å². The van der Waals surface area contributed by atoms with Crippen LogP contribution in [0.1, 0.15) is 21.6 Å². The van der Waals surface area contributed by atoms with Crippen molar-refractivity contribution >= 4 is 45.9 Å². The van der Waals surface area contributed by atoms with Crippen LogP contribution < -0.4 is 25.5 Å². The van der Waals surface area contributed by atoms with Gasteiger partial charge in [-0.3, -0.25) is 19.8 Å². The predicted octanol–water partition coefficient (Wildman–Crippen LogP) is 3.97. The highest BCUT2D eigenvalue weighted by atomic mass is 35.5. The van der Waals surface area contributed by atoms with Crippen LogP contribution in [0.25, 0.3) is 10.9 Å². The largest absolute Gasteiger partial charge is 0.454 e. The summed E-state index contributed by atoms with van der Waals surface area (Å²) in [5.74, 6) is -1.07. The van der Waals surface area contributed by atoms with Gasteiger partial charge in [0.15, 0.2) is 11.5 Å². The normalized spacial score (nSPS) is 11.8. The third-order valence-corrected chi connectivity index (χ3v) is 5.85. The number of anilines is 1. The van der Waals surface area contributed by atoms with E-state index >= 15 is 0 Å². The Kier molecular flexibility index (Phi) is 6.22. The number of ether oxygens (including phenoxy) is 2. The summed E-state index contributed by atoms with van der Waals surface area (Å²) in [6.07, 6.45) is 0. The van der Waals surface area contributed by atoms with Crippen LogP contribution in [0.4, 0.5) is 5.69 Å². The second-order valence-corrected chi connectivity index (χ2v) is 8.64. The zero-order valence-corrected chi connectivity index (χ0v) is 19.9. The van der Waals surface area contributed by atoms with Gasteiger partial charge in [-0.1, -0.05) is 35.4 Å². The van der Waals surface area contributed by atoms with Crippen LogP contribution in [0.3, 0.4) is 0 Å². The van der Waals surface area contributed by atoms with Crippen molar-refractivity contribution in [2.75, 3.05) is 17.5 Å². The number of amides is 3. The Morgan fingerprint density at radius 1 is 0.917 bits per heavy atom. The first-order valence-corrected chi connectivity index (χ1v) is 11.4. The molecule has 1 aliphatic rings. The topological polar surface area (TPSA) is 111 Å². The molecule has 0 fully saturated rings. The number of rotatable bonds is 5. The van der Waals surface area contributed by atoms with Crippen LogP contribution in [-0.2, 0) is 16.1 Å². The summed E-state index contributed by atoms with van der Waals surface area (Å²) in [4.78, 5) is 38.4. The number of halogens is 1. The first kappa shape index (κ1) is 23.3. The lowest BCUT2D eigenvalue weighted by molar-refractivity contribution is -0.136. The lowest BCUT2D eigenvalue weighted by Gasteiger charge is -2.13. The molecule has 0 saturated carbocycles. The zero-order chi connectivity index (χ0) is 25.2. The van der Waals surface area contributed by atoms with Crippen molar-refractivity contribution in [2.24, 2.45) is 0 Å². The van der Waals surface area contributed by atoms with Crippen molar-refractivity contribution in [1.29, 1.82) is 0 Å². The average molecular weight is 505 g/mol. The number of benzene rings is 3. The monoisotopic (exact) mass is 504 g/mol. The first-order chi connectivity index (χ1) is 17.4. The van der Waals surface area contributed by atoms with Crippen LogP contribution >= 0.6 is 11.6 Å². The third-order valence-electron chi connectivity index (χ3n) is 5.62. The van der Waals surface area contributed by atoms with Gasteiger partial charge < -0.3 is 20.1 Å². The molecule has 0 atom stereocenters. The van der Waals surface area contributed by atoms with Gasteiger partial charge in [-0.25, -0.2) is 4.68 Å². The second-order valence-electron chi connectivity index (χ2n) is 8.20. The number of aryl methyl sites for hydroxylation is 1. The highest BCUT2D eigenvalue weighted by Crippen LogP contribution is 2.32. The fourth-order valence-corrected chi connectivity index (χ4v) is 3.95. The van der Waals surface area contributed by atoms with Gasteiger partial charge in [0.05, 0.1) is 5.52 Å². The third kappa shape index (κ3) is 4.82. The van der Waals surface area contributed by atoms with Crippen molar-refractivity contribution in [3.8, 4) is 11.5 Å². The van der Waals surface area contributed by atoms with E-state index in [9.17, 15) is 14.4 Å². The van der Waals surface area contributed by atoms with Crippen LogP contribution in [0.5, 0.6) is 11.5 Å². The van der Waals surface area contributed by atoms with E-state index in [-0.39, 0.29) is 19.0 Å². The van der Waals surface area contributed by atoms with E-state index in [1.54, 1.807) is 54.6 Å². The number of carbonyl (C=O) groups is 3. The SMILES string of the molecule is Cc1ccc(NC(=O)c2cc3cc(Cl)ccc3n2NC(=O)C(=O)NCc2ccc3c(c2)OCO3)cc1. The number of nitrogens with zero attached hydrogens (tertiary/aromatic N) is 1. The molecule has 3 aromatic carbocycles. The van der Waals surface area contributed by atoms with E-state index < -0.39 is 17.7 Å². The van der Waals surface area contributed by atoms with Crippen LogP contribution in [0.2, 0.25) is 5.02 Å². The van der Waals surface area contributed by atoms with Gasteiger partial charge in [-0.15, -0.1) is 0 Å². The number of hydrogen-bond donors (Lipinski definition) is 3. The smallest absolute Gasteiger partial charge is 0.328 e. The van der Waals surface area contributed by atoms with Crippen LogP contribution in [-0.4, -0.2) is 29.2 Å². The summed E-state index contributed by atoms with van der Waals surface area (Å²) in [6, 6.07) is 19.1. The molecule has 1 aromatic heterocycles. The van der Waals surface area contributed by atoms with Crippen molar-refractivity contribution < 1.29 is 23.9 Å². The molecule has 3 N–H and O–H groups in total. The zero-order valence-electron chi connectivity index (χ0n) is 19.1.